The van der Waals surface area contributed by atoms with Gasteiger partial charge in [-0.05, 0) is 184 Å². The van der Waals surface area contributed by atoms with Crippen LogP contribution in [-0.2, 0) is 10.8 Å². The summed E-state index contributed by atoms with van der Waals surface area (Å²) in [5, 5.41) is 8.14. The SMILES string of the molecule is CC1(C)c2ccccc2-c2ccc(-c3cccc(-c4c5ccccc5c(-c5ccc6c(c5)-c5ccc7ccccc7c5C65C6CC7CC(C6)CC5C7)c5ccccc45)c3)cc21. The maximum atomic E-state index is 2.62. The van der Waals surface area contributed by atoms with Crippen LogP contribution in [0, 0.1) is 23.7 Å². The summed E-state index contributed by atoms with van der Waals surface area (Å²) in [7, 11) is 0. The van der Waals surface area contributed by atoms with Crippen LogP contribution in [0.4, 0.5) is 0 Å². The number of fused-ring (bicyclic) bond motifs is 10. The van der Waals surface area contributed by atoms with Gasteiger partial charge in [-0.2, -0.15) is 0 Å². The molecule has 0 amide bonds. The van der Waals surface area contributed by atoms with Crippen molar-refractivity contribution in [3.05, 3.63) is 192 Å². The van der Waals surface area contributed by atoms with E-state index < -0.39 is 0 Å². The van der Waals surface area contributed by atoms with Gasteiger partial charge in [0, 0.05) is 10.8 Å². The molecule has 0 N–H and O–H groups in total. The normalized spacial score (nSPS) is 23.4. The lowest BCUT2D eigenvalue weighted by molar-refractivity contribution is -0.0393. The first kappa shape index (κ1) is 34.5. The number of rotatable bonds is 3. The minimum atomic E-state index is -0.0363. The third kappa shape index (κ3) is 4.51. The van der Waals surface area contributed by atoms with Gasteiger partial charge < -0.3 is 0 Å². The summed E-state index contributed by atoms with van der Waals surface area (Å²) in [5.74, 6) is 3.31. The standard InChI is InChI=1S/C61H48/c1-60(2)54-21-10-9-16-46(54)47-25-23-40(35-56(47)60)39-13-11-14-41(33-39)57-48-17-5-7-19-50(48)58(51-20-8-6-18-49(51)57)42-24-27-55-53(34-42)52-26-22-38-12-3-4-15-45(38)59(52)61(55)43-29-36-28-37(31-43)32-44(61)30-36/h3-27,33-37,43-44H,28-32H2,1-2H3. The van der Waals surface area contributed by atoms with Crippen molar-refractivity contribution in [2.75, 3.05) is 0 Å². The van der Waals surface area contributed by atoms with E-state index in [0.717, 1.165) is 23.7 Å². The first-order valence-electron chi connectivity index (χ1n) is 22.9. The Morgan fingerprint density at radius 2 is 0.902 bits per heavy atom. The second kappa shape index (κ2) is 12.2. The maximum absolute atomic E-state index is 2.62. The van der Waals surface area contributed by atoms with Crippen LogP contribution in [0.15, 0.2) is 170 Å². The molecule has 4 bridgehead atoms. The van der Waals surface area contributed by atoms with Gasteiger partial charge in [0.15, 0.2) is 0 Å². The molecule has 0 heterocycles. The first-order valence-corrected chi connectivity index (χ1v) is 22.9. The average molecular weight is 781 g/mol. The minimum Gasteiger partial charge on any atom is -0.0619 e. The van der Waals surface area contributed by atoms with Crippen molar-refractivity contribution in [3.8, 4) is 55.6 Å². The summed E-state index contributed by atoms with van der Waals surface area (Å²) in [6.45, 7) is 4.75. The summed E-state index contributed by atoms with van der Waals surface area (Å²) in [5.41, 5.74) is 19.7. The lowest BCUT2D eigenvalue weighted by Crippen LogP contribution is -2.55. The van der Waals surface area contributed by atoms with Gasteiger partial charge in [0.1, 0.15) is 0 Å². The van der Waals surface area contributed by atoms with Crippen molar-refractivity contribution in [1.82, 2.24) is 0 Å². The maximum Gasteiger partial charge on any atom is 0.0278 e. The van der Waals surface area contributed by atoms with Crippen molar-refractivity contribution in [1.29, 1.82) is 0 Å². The molecular formula is C61H48. The smallest absolute Gasteiger partial charge is 0.0278 e. The molecule has 4 saturated carbocycles. The Morgan fingerprint density at radius 3 is 1.61 bits per heavy atom. The number of benzene rings is 9. The lowest BCUT2D eigenvalue weighted by atomic mass is 9.43. The predicted molar refractivity (Wildman–Crippen MR) is 256 cm³/mol. The van der Waals surface area contributed by atoms with Crippen LogP contribution in [-0.4, -0.2) is 0 Å². The van der Waals surface area contributed by atoms with Gasteiger partial charge in [0.05, 0.1) is 0 Å². The molecule has 292 valence electrons. The summed E-state index contributed by atoms with van der Waals surface area (Å²) in [6, 6.07) is 65.7. The van der Waals surface area contributed by atoms with Gasteiger partial charge in [-0.3, -0.25) is 0 Å². The van der Waals surface area contributed by atoms with E-state index in [1.165, 1.54) is 131 Å². The first-order chi connectivity index (χ1) is 30.0. The Bertz CT molecular complexity index is 3270. The molecule has 0 unspecified atom stereocenters. The van der Waals surface area contributed by atoms with Crippen molar-refractivity contribution in [2.24, 2.45) is 23.7 Å². The van der Waals surface area contributed by atoms with Gasteiger partial charge in [-0.1, -0.05) is 166 Å². The van der Waals surface area contributed by atoms with E-state index in [2.05, 4.69) is 184 Å². The highest BCUT2D eigenvalue weighted by molar-refractivity contribution is 6.21. The molecule has 0 saturated heterocycles. The molecule has 0 aromatic heterocycles. The van der Waals surface area contributed by atoms with E-state index in [1.807, 2.05) is 0 Å². The Kier molecular flexibility index (Phi) is 6.89. The van der Waals surface area contributed by atoms with Crippen LogP contribution < -0.4 is 0 Å². The highest BCUT2D eigenvalue weighted by atomic mass is 14.6. The zero-order valence-corrected chi connectivity index (χ0v) is 35.0. The van der Waals surface area contributed by atoms with Crippen molar-refractivity contribution in [2.45, 2.75) is 56.8 Å². The van der Waals surface area contributed by atoms with Crippen molar-refractivity contribution >= 4 is 32.3 Å². The fourth-order valence-electron chi connectivity index (χ4n) is 14.6. The predicted octanol–water partition coefficient (Wildman–Crippen LogP) is 16.2. The van der Waals surface area contributed by atoms with E-state index in [1.54, 1.807) is 11.1 Å². The zero-order chi connectivity index (χ0) is 40.2. The summed E-state index contributed by atoms with van der Waals surface area (Å²) < 4.78 is 0. The molecular weight excluding hydrogens is 733 g/mol. The van der Waals surface area contributed by atoms with Gasteiger partial charge in [0.2, 0.25) is 0 Å². The highest BCUT2D eigenvalue weighted by Gasteiger charge is 2.62. The summed E-state index contributed by atoms with van der Waals surface area (Å²) in [4.78, 5) is 0. The molecule has 0 radical (unpaired) electrons. The Morgan fingerprint density at radius 1 is 0.361 bits per heavy atom. The Hall–Kier alpha value is -6.24. The second-order valence-corrected chi connectivity index (χ2v) is 20.0. The van der Waals surface area contributed by atoms with E-state index in [4.69, 9.17) is 0 Å². The van der Waals surface area contributed by atoms with Crippen LogP contribution in [0.1, 0.15) is 68.2 Å². The van der Waals surface area contributed by atoms with Gasteiger partial charge >= 0.3 is 0 Å². The Balaban J connectivity index is 0.955. The van der Waals surface area contributed by atoms with E-state index >= 15 is 0 Å². The molecule has 61 heavy (non-hydrogen) atoms. The van der Waals surface area contributed by atoms with Crippen LogP contribution in [0.2, 0.25) is 0 Å². The van der Waals surface area contributed by atoms with Crippen LogP contribution in [0.5, 0.6) is 0 Å². The highest BCUT2D eigenvalue weighted by Crippen LogP contribution is 2.70. The average Bonchev–Trinajstić information content (AvgIpc) is 3.72. The molecule has 15 rings (SSSR count). The van der Waals surface area contributed by atoms with Crippen molar-refractivity contribution < 1.29 is 0 Å². The van der Waals surface area contributed by atoms with Gasteiger partial charge in [0.25, 0.3) is 0 Å². The van der Waals surface area contributed by atoms with E-state index in [9.17, 15) is 0 Å². The molecule has 9 aromatic rings. The molecule has 0 atom stereocenters. The van der Waals surface area contributed by atoms with Gasteiger partial charge in [-0.15, -0.1) is 0 Å². The molecule has 1 spiro atoms. The topological polar surface area (TPSA) is 0 Å². The van der Waals surface area contributed by atoms with Gasteiger partial charge in [-0.25, -0.2) is 0 Å². The van der Waals surface area contributed by atoms with Crippen LogP contribution >= 0.6 is 0 Å². The zero-order valence-electron chi connectivity index (χ0n) is 35.0. The molecule has 0 aliphatic heterocycles. The van der Waals surface area contributed by atoms with Crippen molar-refractivity contribution in [3.63, 3.8) is 0 Å². The summed E-state index contributed by atoms with van der Waals surface area (Å²) >= 11 is 0. The quantitative estimate of drug-likeness (QED) is 0.157. The fourth-order valence-corrected chi connectivity index (χ4v) is 14.6. The number of hydrogen-bond donors (Lipinski definition) is 0. The molecule has 4 fully saturated rings. The lowest BCUT2D eigenvalue weighted by Gasteiger charge is -2.61. The fraction of sp³-hybridized carbons (Fsp3) is 0.213. The molecule has 0 heteroatoms. The molecule has 9 aromatic carbocycles. The largest absolute Gasteiger partial charge is 0.0619 e. The van der Waals surface area contributed by atoms with E-state index in [0.29, 0.717) is 0 Å². The third-order valence-corrected chi connectivity index (χ3v) is 16.8. The van der Waals surface area contributed by atoms with Crippen LogP contribution in [0.3, 0.4) is 0 Å². The minimum absolute atomic E-state index is 0.0363. The monoisotopic (exact) mass is 780 g/mol. The molecule has 0 nitrogen and oxygen atoms in total. The summed E-state index contributed by atoms with van der Waals surface area (Å²) in [6.07, 6.45) is 7.06. The van der Waals surface area contributed by atoms with E-state index in [-0.39, 0.29) is 10.8 Å². The third-order valence-electron chi connectivity index (χ3n) is 16.8. The molecule has 6 aliphatic carbocycles. The Labute approximate surface area is 358 Å². The number of hydrogen-bond acceptors (Lipinski definition) is 0. The van der Waals surface area contributed by atoms with Crippen LogP contribution in [0.25, 0.3) is 88.0 Å². The second-order valence-electron chi connectivity index (χ2n) is 20.0. The molecule has 6 aliphatic rings.